The molecule has 0 unspecified atom stereocenters. The summed E-state index contributed by atoms with van der Waals surface area (Å²) >= 11 is 6.07. The van der Waals surface area contributed by atoms with Crippen molar-refractivity contribution in [1.29, 1.82) is 0 Å². The fourth-order valence-corrected chi connectivity index (χ4v) is 2.98. The third kappa shape index (κ3) is 4.87. The van der Waals surface area contributed by atoms with E-state index in [0.717, 1.165) is 19.3 Å². The highest BCUT2D eigenvalue weighted by Crippen LogP contribution is 2.33. The molecule has 2 aromatic rings. The van der Waals surface area contributed by atoms with Gasteiger partial charge in [0.1, 0.15) is 22.7 Å². The number of nitrogens with zero attached hydrogens (tertiary/aromatic N) is 1. The molecule has 1 N–H and O–H groups in total. The van der Waals surface area contributed by atoms with Crippen molar-refractivity contribution in [3.05, 3.63) is 46.6 Å². The van der Waals surface area contributed by atoms with Gasteiger partial charge < -0.3 is 9.47 Å². The fourth-order valence-electron chi connectivity index (χ4n) is 2.33. The Morgan fingerprint density at radius 3 is 2.54 bits per heavy atom. The topological polar surface area (TPSA) is 94.6 Å². The molecular weight excluding hydrogens is 418 g/mol. The van der Waals surface area contributed by atoms with Crippen molar-refractivity contribution >= 4 is 27.5 Å². The Morgan fingerprint density at radius 1 is 1.25 bits per heavy atom. The maximum Gasteiger partial charge on any atom is 0.267 e. The normalized spacial score (nSPS) is 14.3. The van der Waals surface area contributed by atoms with E-state index in [2.05, 4.69) is 4.98 Å². The summed E-state index contributed by atoms with van der Waals surface area (Å²) in [5.41, 5.74) is -0.782. The van der Waals surface area contributed by atoms with E-state index in [9.17, 15) is 22.0 Å². The summed E-state index contributed by atoms with van der Waals surface area (Å²) in [5.74, 6) is -3.82. The Morgan fingerprint density at radius 2 is 1.96 bits per heavy atom. The molecule has 0 atom stereocenters. The molecule has 1 fully saturated rings. The molecule has 1 amide bonds. The number of hydrogen-bond donors (Lipinski definition) is 1. The van der Waals surface area contributed by atoms with Crippen LogP contribution in [0.5, 0.6) is 17.4 Å². The predicted molar refractivity (Wildman–Crippen MR) is 96.3 cm³/mol. The average Bonchev–Trinajstić information content (AvgIpc) is 2.53. The smallest absolute Gasteiger partial charge is 0.267 e. The van der Waals surface area contributed by atoms with Gasteiger partial charge in [-0.1, -0.05) is 11.6 Å². The Kier molecular flexibility index (Phi) is 5.71. The van der Waals surface area contributed by atoms with E-state index in [1.165, 1.54) is 12.3 Å². The zero-order chi connectivity index (χ0) is 20.5. The van der Waals surface area contributed by atoms with Crippen molar-refractivity contribution in [1.82, 2.24) is 9.71 Å². The number of sulfonamides is 1. The van der Waals surface area contributed by atoms with E-state index in [1.807, 2.05) is 0 Å². The van der Waals surface area contributed by atoms with Crippen LogP contribution in [0.3, 0.4) is 0 Å². The molecule has 3 rings (SSSR count). The van der Waals surface area contributed by atoms with Crippen LogP contribution in [0.4, 0.5) is 8.78 Å². The van der Waals surface area contributed by atoms with Gasteiger partial charge in [0.2, 0.25) is 15.9 Å². The van der Waals surface area contributed by atoms with Gasteiger partial charge in [-0.05, 0) is 25.3 Å². The summed E-state index contributed by atoms with van der Waals surface area (Å²) in [6.45, 7) is 0. The van der Waals surface area contributed by atoms with Crippen LogP contribution in [0.2, 0.25) is 5.02 Å². The van der Waals surface area contributed by atoms with E-state index in [0.29, 0.717) is 18.4 Å². The maximum atomic E-state index is 14.2. The molecule has 1 aliphatic carbocycles. The van der Waals surface area contributed by atoms with Crippen LogP contribution >= 0.6 is 11.6 Å². The van der Waals surface area contributed by atoms with Crippen molar-refractivity contribution < 1.29 is 31.5 Å². The Balaban J connectivity index is 1.78. The molecule has 150 valence electrons. The number of amides is 1. The number of benzene rings is 1. The molecule has 0 radical (unpaired) electrons. The number of aromatic nitrogens is 1. The first kappa shape index (κ1) is 20.3. The van der Waals surface area contributed by atoms with Gasteiger partial charge in [0, 0.05) is 12.1 Å². The second-order valence-corrected chi connectivity index (χ2v) is 8.35. The molecule has 0 bridgehead atoms. The van der Waals surface area contributed by atoms with Crippen molar-refractivity contribution in [2.75, 3.05) is 6.26 Å². The third-order valence-corrected chi connectivity index (χ3v) is 4.71. The van der Waals surface area contributed by atoms with Crippen molar-refractivity contribution in [3.8, 4) is 17.4 Å². The Bertz CT molecular complexity index is 1030. The first-order valence-electron chi connectivity index (χ1n) is 8.13. The van der Waals surface area contributed by atoms with Gasteiger partial charge in [0.05, 0.1) is 18.0 Å². The lowest BCUT2D eigenvalue weighted by Gasteiger charge is -2.26. The monoisotopic (exact) mass is 432 g/mol. The minimum absolute atomic E-state index is 0.0256. The molecule has 0 spiro atoms. The Hall–Kier alpha value is -2.46. The standard InChI is InChI=1S/C17H15ClF2N2O5S/c1-28(24,25)22-16(23)11-6-14(20)15(7-13(11)19)26-10-5-12(18)17(21-8-10)27-9-3-2-4-9/h5-9H,2-4H2,1H3,(H,22,23). The molecule has 7 nitrogen and oxygen atoms in total. The van der Waals surface area contributed by atoms with E-state index in [1.54, 1.807) is 4.72 Å². The van der Waals surface area contributed by atoms with E-state index < -0.39 is 38.9 Å². The van der Waals surface area contributed by atoms with Crippen LogP contribution in [0, 0.1) is 11.6 Å². The quantitative estimate of drug-likeness (QED) is 0.751. The second-order valence-electron chi connectivity index (χ2n) is 6.20. The first-order chi connectivity index (χ1) is 13.1. The lowest BCUT2D eigenvalue weighted by molar-refractivity contribution is 0.0977. The van der Waals surface area contributed by atoms with Crippen molar-refractivity contribution in [2.45, 2.75) is 25.4 Å². The predicted octanol–water partition coefficient (Wildman–Crippen LogP) is 3.43. The number of carbonyl (C=O) groups is 1. The molecule has 1 saturated carbocycles. The summed E-state index contributed by atoms with van der Waals surface area (Å²) in [6.07, 6.45) is 4.92. The fraction of sp³-hybridized carbons (Fsp3) is 0.294. The van der Waals surface area contributed by atoms with Gasteiger partial charge in [0.15, 0.2) is 11.6 Å². The van der Waals surface area contributed by atoms with Crippen LogP contribution < -0.4 is 14.2 Å². The van der Waals surface area contributed by atoms with Crippen LogP contribution in [0.15, 0.2) is 24.4 Å². The number of rotatable bonds is 6. The highest BCUT2D eigenvalue weighted by molar-refractivity contribution is 7.89. The summed E-state index contributed by atoms with van der Waals surface area (Å²) < 4.78 is 62.9. The molecule has 1 aromatic heterocycles. The van der Waals surface area contributed by atoms with Crippen molar-refractivity contribution in [3.63, 3.8) is 0 Å². The van der Waals surface area contributed by atoms with Crippen LogP contribution in [-0.2, 0) is 10.0 Å². The van der Waals surface area contributed by atoms with Crippen LogP contribution in [0.1, 0.15) is 29.6 Å². The lowest BCUT2D eigenvalue weighted by atomic mass is 9.96. The summed E-state index contributed by atoms with van der Waals surface area (Å²) in [7, 11) is -3.93. The van der Waals surface area contributed by atoms with Gasteiger partial charge in [0.25, 0.3) is 5.91 Å². The van der Waals surface area contributed by atoms with Gasteiger partial charge >= 0.3 is 0 Å². The first-order valence-corrected chi connectivity index (χ1v) is 10.4. The molecule has 1 aliphatic rings. The maximum absolute atomic E-state index is 14.2. The van der Waals surface area contributed by atoms with Crippen molar-refractivity contribution in [2.24, 2.45) is 0 Å². The summed E-state index contributed by atoms with van der Waals surface area (Å²) in [5, 5.41) is 0.148. The molecule has 11 heteroatoms. The molecule has 0 aliphatic heterocycles. The highest BCUT2D eigenvalue weighted by Gasteiger charge is 2.22. The Labute approximate surface area is 164 Å². The van der Waals surface area contributed by atoms with E-state index in [4.69, 9.17) is 21.1 Å². The highest BCUT2D eigenvalue weighted by atomic mass is 35.5. The van der Waals surface area contributed by atoms with Gasteiger partial charge in [-0.15, -0.1) is 0 Å². The van der Waals surface area contributed by atoms with E-state index >= 15 is 0 Å². The number of hydrogen-bond acceptors (Lipinski definition) is 6. The SMILES string of the molecule is CS(=O)(=O)NC(=O)c1cc(F)c(Oc2cnc(OC3CCC3)c(Cl)c2)cc1F. The van der Waals surface area contributed by atoms with E-state index in [-0.39, 0.29) is 22.8 Å². The van der Waals surface area contributed by atoms with Gasteiger partial charge in [-0.25, -0.2) is 26.9 Å². The molecule has 28 heavy (non-hydrogen) atoms. The van der Waals surface area contributed by atoms with Gasteiger partial charge in [-0.3, -0.25) is 4.79 Å². The molecule has 1 aromatic carbocycles. The zero-order valence-corrected chi connectivity index (χ0v) is 16.1. The van der Waals surface area contributed by atoms with Crippen LogP contribution in [-0.4, -0.2) is 31.7 Å². The summed E-state index contributed by atoms with van der Waals surface area (Å²) in [6, 6.07) is 2.50. The number of nitrogens with one attached hydrogen (secondary N) is 1. The molecule has 1 heterocycles. The third-order valence-electron chi connectivity index (χ3n) is 3.88. The zero-order valence-electron chi connectivity index (χ0n) is 14.5. The largest absolute Gasteiger partial charge is 0.473 e. The lowest BCUT2D eigenvalue weighted by Crippen LogP contribution is -2.30. The minimum Gasteiger partial charge on any atom is -0.473 e. The number of halogens is 3. The molecular formula is C17H15ClF2N2O5S. The van der Waals surface area contributed by atoms with Gasteiger partial charge in [-0.2, -0.15) is 0 Å². The summed E-state index contributed by atoms with van der Waals surface area (Å²) in [4.78, 5) is 15.7. The van der Waals surface area contributed by atoms with Crippen LogP contribution in [0.25, 0.3) is 0 Å². The number of carbonyl (C=O) groups excluding carboxylic acids is 1. The minimum atomic E-state index is -3.93. The number of pyridine rings is 1. The second kappa shape index (κ2) is 7.88. The number of ether oxygens (including phenoxy) is 2. The average molecular weight is 433 g/mol. The molecule has 0 saturated heterocycles.